The van der Waals surface area contributed by atoms with Crippen LogP contribution in [-0.2, 0) is 4.79 Å². The monoisotopic (exact) mass is 366 g/mol. The summed E-state index contributed by atoms with van der Waals surface area (Å²) in [5.74, 6) is 0.210. The molecule has 1 aliphatic heterocycles. The molecule has 0 aliphatic carbocycles. The van der Waals surface area contributed by atoms with Gasteiger partial charge in [-0.05, 0) is 50.5 Å². The molecular formula is C17H23BrN2O2. The summed E-state index contributed by atoms with van der Waals surface area (Å²) in [6, 6.07) is 7.62. The highest BCUT2D eigenvalue weighted by atomic mass is 79.9. The molecular weight excluding hydrogens is 344 g/mol. The number of hydrogen-bond donors (Lipinski definition) is 1. The number of nitrogens with one attached hydrogen (secondary N) is 1. The maximum absolute atomic E-state index is 12.4. The van der Waals surface area contributed by atoms with Crippen LogP contribution >= 0.6 is 15.9 Å². The number of hydrogen-bond acceptors (Lipinski definition) is 2. The van der Waals surface area contributed by atoms with Crippen molar-refractivity contribution in [3.63, 3.8) is 0 Å². The quantitative estimate of drug-likeness (QED) is 0.889. The Labute approximate surface area is 140 Å². The first-order chi connectivity index (χ1) is 10.5. The smallest absolute Gasteiger partial charge is 0.253 e. The number of halogens is 1. The second kappa shape index (κ2) is 7.77. The average Bonchev–Trinajstić information content (AvgIpc) is 2.55. The first kappa shape index (κ1) is 17.0. The van der Waals surface area contributed by atoms with Gasteiger partial charge < -0.3 is 10.2 Å². The zero-order valence-corrected chi connectivity index (χ0v) is 14.7. The predicted molar refractivity (Wildman–Crippen MR) is 90.7 cm³/mol. The second-order valence-electron chi connectivity index (χ2n) is 5.89. The number of rotatable bonds is 4. The molecule has 2 amide bonds. The predicted octanol–water partition coefficient (Wildman–Crippen LogP) is 3.22. The van der Waals surface area contributed by atoms with Crippen molar-refractivity contribution in [3.05, 3.63) is 34.3 Å². The Hall–Kier alpha value is -1.36. The summed E-state index contributed by atoms with van der Waals surface area (Å²) in [5.41, 5.74) is 0.700. The molecule has 22 heavy (non-hydrogen) atoms. The number of benzene rings is 1. The van der Waals surface area contributed by atoms with Gasteiger partial charge in [0.05, 0.1) is 0 Å². The number of carbonyl (C=O) groups is 2. The molecule has 1 aromatic carbocycles. The van der Waals surface area contributed by atoms with Crippen molar-refractivity contribution >= 4 is 27.7 Å². The van der Waals surface area contributed by atoms with Crippen LogP contribution in [0.25, 0.3) is 0 Å². The van der Waals surface area contributed by atoms with Gasteiger partial charge in [0.1, 0.15) is 0 Å². The van der Waals surface area contributed by atoms with E-state index in [0.717, 1.165) is 23.7 Å². The van der Waals surface area contributed by atoms with Crippen LogP contribution in [0, 0.1) is 5.92 Å². The van der Waals surface area contributed by atoms with Crippen molar-refractivity contribution in [1.29, 1.82) is 0 Å². The van der Waals surface area contributed by atoms with Crippen molar-refractivity contribution < 1.29 is 9.59 Å². The number of piperidine rings is 1. The van der Waals surface area contributed by atoms with Gasteiger partial charge in [0.2, 0.25) is 5.91 Å². The van der Waals surface area contributed by atoms with E-state index < -0.39 is 0 Å². The largest absolute Gasteiger partial charge is 0.353 e. The summed E-state index contributed by atoms with van der Waals surface area (Å²) < 4.78 is 0.962. The lowest BCUT2D eigenvalue weighted by Gasteiger charge is -2.32. The van der Waals surface area contributed by atoms with Crippen LogP contribution in [0.3, 0.4) is 0 Å². The van der Waals surface area contributed by atoms with E-state index in [2.05, 4.69) is 28.2 Å². The van der Waals surface area contributed by atoms with Crippen LogP contribution in [0.1, 0.15) is 43.5 Å². The fourth-order valence-corrected chi connectivity index (χ4v) is 2.85. The van der Waals surface area contributed by atoms with Gasteiger partial charge in [0.25, 0.3) is 5.91 Å². The molecule has 120 valence electrons. The van der Waals surface area contributed by atoms with Crippen LogP contribution in [0.15, 0.2) is 28.7 Å². The van der Waals surface area contributed by atoms with Crippen LogP contribution in [-0.4, -0.2) is 35.8 Å². The third kappa shape index (κ3) is 4.32. The van der Waals surface area contributed by atoms with Crippen LogP contribution < -0.4 is 5.32 Å². The molecule has 0 radical (unpaired) electrons. The fourth-order valence-electron chi connectivity index (χ4n) is 2.58. The van der Waals surface area contributed by atoms with Gasteiger partial charge in [-0.2, -0.15) is 0 Å². The number of amides is 2. The molecule has 4 nitrogen and oxygen atoms in total. The number of carbonyl (C=O) groups excluding carboxylic acids is 2. The molecule has 1 saturated heterocycles. The molecule has 1 atom stereocenters. The minimum atomic E-state index is 0.0305. The molecule has 0 bridgehead atoms. The van der Waals surface area contributed by atoms with E-state index in [0.29, 0.717) is 18.7 Å². The lowest BCUT2D eigenvalue weighted by atomic mass is 9.95. The maximum atomic E-state index is 12.4. The summed E-state index contributed by atoms with van der Waals surface area (Å²) in [7, 11) is 0. The molecule has 2 rings (SSSR count). The van der Waals surface area contributed by atoms with Crippen molar-refractivity contribution in [2.45, 2.75) is 39.2 Å². The van der Waals surface area contributed by atoms with Crippen LogP contribution in [0.5, 0.6) is 0 Å². The van der Waals surface area contributed by atoms with Crippen molar-refractivity contribution in [2.75, 3.05) is 13.1 Å². The zero-order valence-electron chi connectivity index (χ0n) is 13.1. The Kier molecular flexibility index (Phi) is 6.00. The van der Waals surface area contributed by atoms with E-state index in [1.807, 2.05) is 36.1 Å². The van der Waals surface area contributed by atoms with Gasteiger partial charge in [-0.25, -0.2) is 0 Å². The number of nitrogens with zero attached hydrogens (tertiary/aromatic N) is 1. The molecule has 0 unspecified atom stereocenters. The van der Waals surface area contributed by atoms with E-state index in [4.69, 9.17) is 0 Å². The van der Waals surface area contributed by atoms with E-state index >= 15 is 0 Å². The highest BCUT2D eigenvalue weighted by molar-refractivity contribution is 9.10. The molecule has 0 saturated carbocycles. The summed E-state index contributed by atoms with van der Waals surface area (Å²) in [6.45, 7) is 5.37. The van der Waals surface area contributed by atoms with Gasteiger partial charge in [0.15, 0.2) is 0 Å². The minimum absolute atomic E-state index is 0.0305. The van der Waals surface area contributed by atoms with E-state index in [1.165, 1.54) is 0 Å². The maximum Gasteiger partial charge on any atom is 0.253 e. The highest BCUT2D eigenvalue weighted by Crippen LogP contribution is 2.20. The Morgan fingerprint density at radius 2 is 1.86 bits per heavy atom. The molecule has 1 aliphatic rings. The summed E-state index contributed by atoms with van der Waals surface area (Å²) >= 11 is 3.37. The minimum Gasteiger partial charge on any atom is -0.353 e. The van der Waals surface area contributed by atoms with Crippen molar-refractivity contribution in [2.24, 2.45) is 5.92 Å². The average molecular weight is 367 g/mol. The highest BCUT2D eigenvalue weighted by Gasteiger charge is 2.28. The van der Waals surface area contributed by atoms with Gasteiger partial charge in [-0.1, -0.05) is 22.9 Å². The molecule has 1 aromatic rings. The fraction of sp³-hybridized carbons (Fsp3) is 0.529. The van der Waals surface area contributed by atoms with Crippen LogP contribution in [0.2, 0.25) is 0 Å². The lowest BCUT2D eigenvalue weighted by molar-refractivity contribution is -0.126. The first-order valence-electron chi connectivity index (χ1n) is 7.86. The summed E-state index contributed by atoms with van der Waals surface area (Å²) in [4.78, 5) is 26.4. The van der Waals surface area contributed by atoms with E-state index in [-0.39, 0.29) is 23.8 Å². The van der Waals surface area contributed by atoms with Gasteiger partial charge >= 0.3 is 0 Å². The normalized spacial score (nSPS) is 17.1. The van der Waals surface area contributed by atoms with E-state index in [9.17, 15) is 9.59 Å². The Morgan fingerprint density at radius 3 is 2.41 bits per heavy atom. The van der Waals surface area contributed by atoms with Crippen molar-refractivity contribution in [1.82, 2.24) is 10.2 Å². The van der Waals surface area contributed by atoms with Crippen molar-refractivity contribution in [3.8, 4) is 0 Å². The third-order valence-electron chi connectivity index (χ3n) is 4.25. The van der Waals surface area contributed by atoms with Gasteiger partial charge in [-0.15, -0.1) is 0 Å². The molecule has 1 heterocycles. The zero-order chi connectivity index (χ0) is 16.1. The Balaban J connectivity index is 1.87. The second-order valence-corrected chi connectivity index (χ2v) is 6.81. The lowest BCUT2D eigenvalue weighted by Crippen LogP contribution is -2.44. The Morgan fingerprint density at radius 1 is 1.27 bits per heavy atom. The third-order valence-corrected chi connectivity index (χ3v) is 4.77. The van der Waals surface area contributed by atoms with Gasteiger partial charge in [0, 0.05) is 35.1 Å². The number of likely N-dealkylation sites (tertiary alicyclic amines) is 1. The molecule has 0 aromatic heterocycles. The summed E-state index contributed by atoms with van der Waals surface area (Å²) in [6.07, 6.45) is 2.42. The molecule has 0 spiro atoms. The Bertz CT molecular complexity index is 522. The standard InChI is InChI=1S/C17H23BrN2O2/c1-3-12(2)19-16(21)13-8-10-20(11-9-13)17(22)14-4-6-15(18)7-5-14/h4-7,12-13H,3,8-11H2,1-2H3,(H,19,21)/t12-/m0/s1. The van der Waals surface area contributed by atoms with Gasteiger partial charge in [-0.3, -0.25) is 9.59 Å². The molecule has 1 fully saturated rings. The first-order valence-corrected chi connectivity index (χ1v) is 8.65. The summed E-state index contributed by atoms with van der Waals surface area (Å²) in [5, 5.41) is 3.03. The topological polar surface area (TPSA) is 49.4 Å². The molecule has 5 heteroatoms. The SMILES string of the molecule is CC[C@H](C)NC(=O)C1CCN(C(=O)c2ccc(Br)cc2)CC1. The van der Waals surface area contributed by atoms with Crippen LogP contribution in [0.4, 0.5) is 0 Å². The molecule has 1 N–H and O–H groups in total. The van der Waals surface area contributed by atoms with E-state index in [1.54, 1.807) is 0 Å².